The number of pyridine rings is 1. The van der Waals surface area contributed by atoms with E-state index in [1.54, 1.807) is 19.4 Å². The highest BCUT2D eigenvalue weighted by atomic mass is 79.9. The number of carbonyl (C=O) groups excluding carboxylic acids is 1. The summed E-state index contributed by atoms with van der Waals surface area (Å²) < 4.78 is 11.9. The zero-order chi connectivity index (χ0) is 16.9. The molecule has 2 heterocycles. The lowest BCUT2D eigenvalue weighted by Crippen LogP contribution is -2.42. The van der Waals surface area contributed by atoms with Gasteiger partial charge in [0.1, 0.15) is 11.9 Å². The van der Waals surface area contributed by atoms with Gasteiger partial charge in [-0.15, -0.1) is 0 Å². The van der Waals surface area contributed by atoms with Crippen LogP contribution in [-0.4, -0.2) is 42.1 Å². The molecule has 1 aliphatic rings. The summed E-state index contributed by atoms with van der Waals surface area (Å²) in [5, 5.41) is 0. The van der Waals surface area contributed by atoms with Crippen molar-refractivity contribution in [1.82, 2.24) is 9.88 Å². The molecule has 0 bridgehead atoms. The van der Waals surface area contributed by atoms with Crippen LogP contribution < -0.4 is 9.47 Å². The van der Waals surface area contributed by atoms with Gasteiger partial charge in [-0.25, -0.2) is 4.98 Å². The molecule has 1 aliphatic heterocycles. The van der Waals surface area contributed by atoms with Gasteiger partial charge in [0.2, 0.25) is 5.88 Å². The maximum atomic E-state index is 12.7. The third-order valence-corrected chi connectivity index (χ3v) is 4.75. The first-order chi connectivity index (χ1) is 11.7. The fourth-order valence-corrected chi connectivity index (χ4v) is 3.15. The van der Waals surface area contributed by atoms with Crippen molar-refractivity contribution in [3.05, 3.63) is 52.6 Å². The van der Waals surface area contributed by atoms with Crippen molar-refractivity contribution in [2.75, 3.05) is 20.2 Å². The minimum absolute atomic E-state index is 0.0112. The molecule has 1 saturated heterocycles. The molecule has 1 amide bonds. The summed E-state index contributed by atoms with van der Waals surface area (Å²) in [6.45, 7) is 1.33. The van der Waals surface area contributed by atoms with Gasteiger partial charge in [0, 0.05) is 42.7 Å². The molecule has 6 heteroatoms. The van der Waals surface area contributed by atoms with E-state index in [0.717, 1.165) is 17.3 Å². The number of halogens is 1. The standard InChI is InChI=1S/C18H19BrN2O3/c1-23-14-5-6-16(19)15(12-14)18(22)21-10-7-13(8-11-21)24-17-4-2-3-9-20-17/h2-6,9,12-13H,7-8,10-11H2,1H3. The van der Waals surface area contributed by atoms with Gasteiger partial charge >= 0.3 is 0 Å². The van der Waals surface area contributed by atoms with E-state index in [-0.39, 0.29) is 12.0 Å². The number of hydrogen-bond acceptors (Lipinski definition) is 4. The molecule has 126 valence electrons. The van der Waals surface area contributed by atoms with Crippen LogP contribution in [0.25, 0.3) is 0 Å². The lowest BCUT2D eigenvalue weighted by Gasteiger charge is -2.32. The molecule has 0 atom stereocenters. The van der Waals surface area contributed by atoms with E-state index >= 15 is 0 Å². The number of methoxy groups -OCH3 is 1. The van der Waals surface area contributed by atoms with E-state index in [1.807, 2.05) is 35.2 Å². The van der Waals surface area contributed by atoms with Crippen LogP contribution >= 0.6 is 15.9 Å². The van der Waals surface area contributed by atoms with Crippen molar-refractivity contribution in [2.45, 2.75) is 18.9 Å². The number of nitrogens with zero attached hydrogens (tertiary/aromatic N) is 2. The molecule has 0 radical (unpaired) electrons. The second-order valence-electron chi connectivity index (χ2n) is 5.62. The summed E-state index contributed by atoms with van der Waals surface area (Å²) in [7, 11) is 1.60. The van der Waals surface area contributed by atoms with Gasteiger partial charge in [0.25, 0.3) is 5.91 Å². The van der Waals surface area contributed by atoms with Gasteiger partial charge in [-0.3, -0.25) is 4.79 Å². The zero-order valence-electron chi connectivity index (χ0n) is 13.4. The maximum Gasteiger partial charge on any atom is 0.255 e. The molecule has 0 N–H and O–H groups in total. The Labute approximate surface area is 149 Å². The van der Waals surface area contributed by atoms with Gasteiger partial charge in [-0.2, -0.15) is 0 Å². The van der Waals surface area contributed by atoms with Crippen LogP contribution in [0.4, 0.5) is 0 Å². The fourth-order valence-electron chi connectivity index (χ4n) is 2.73. The maximum absolute atomic E-state index is 12.7. The van der Waals surface area contributed by atoms with Gasteiger partial charge < -0.3 is 14.4 Å². The van der Waals surface area contributed by atoms with Gasteiger partial charge in [-0.1, -0.05) is 6.07 Å². The summed E-state index contributed by atoms with van der Waals surface area (Å²) in [4.78, 5) is 18.8. The van der Waals surface area contributed by atoms with Crippen LogP contribution in [0.2, 0.25) is 0 Å². The number of amides is 1. The van der Waals surface area contributed by atoms with Crippen LogP contribution in [-0.2, 0) is 0 Å². The van der Waals surface area contributed by atoms with Crippen LogP contribution in [0.1, 0.15) is 23.2 Å². The van der Waals surface area contributed by atoms with Crippen molar-refractivity contribution in [3.8, 4) is 11.6 Å². The van der Waals surface area contributed by atoms with Gasteiger partial charge in [0.15, 0.2) is 0 Å². The van der Waals surface area contributed by atoms with Gasteiger partial charge in [0.05, 0.1) is 12.7 Å². The minimum Gasteiger partial charge on any atom is -0.497 e. The molecular weight excluding hydrogens is 372 g/mol. The molecule has 0 unspecified atom stereocenters. The molecule has 0 spiro atoms. The first-order valence-electron chi connectivity index (χ1n) is 7.88. The third kappa shape index (κ3) is 3.87. The second kappa shape index (κ2) is 7.66. The van der Waals surface area contributed by atoms with Gasteiger partial charge in [-0.05, 0) is 40.2 Å². The Morgan fingerprint density at radius 3 is 2.71 bits per heavy atom. The van der Waals surface area contributed by atoms with E-state index in [9.17, 15) is 4.79 Å². The summed E-state index contributed by atoms with van der Waals surface area (Å²) in [5.74, 6) is 1.32. The molecule has 0 aliphatic carbocycles. The highest BCUT2D eigenvalue weighted by Crippen LogP contribution is 2.25. The molecule has 1 fully saturated rings. The van der Waals surface area contributed by atoms with Crippen molar-refractivity contribution < 1.29 is 14.3 Å². The molecule has 3 rings (SSSR count). The van der Waals surface area contributed by atoms with Crippen LogP contribution in [0.3, 0.4) is 0 Å². The number of carbonyl (C=O) groups is 1. The fraction of sp³-hybridized carbons (Fsp3) is 0.333. The first kappa shape index (κ1) is 16.8. The summed E-state index contributed by atoms with van der Waals surface area (Å²) >= 11 is 3.45. The number of aromatic nitrogens is 1. The lowest BCUT2D eigenvalue weighted by atomic mass is 10.1. The highest BCUT2D eigenvalue weighted by molar-refractivity contribution is 9.10. The molecule has 1 aromatic heterocycles. The smallest absolute Gasteiger partial charge is 0.255 e. The Morgan fingerprint density at radius 1 is 1.25 bits per heavy atom. The number of likely N-dealkylation sites (tertiary alicyclic amines) is 1. The predicted octanol–water partition coefficient (Wildman–Crippen LogP) is 3.54. The summed E-state index contributed by atoms with van der Waals surface area (Å²) in [6, 6.07) is 11.0. The van der Waals surface area contributed by atoms with E-state index in [0.29, 0.717) is 30.3 Å². The minimum atomic E-state index is 0.0112. The SMILES string of the molecule is COc1ccc(Br)c(C(=O)N2CCC(Oc3ccccn3)CC2)c1. The Kier molecular flexibility index (Phi) is 5.35. The number of rotatable bonds is 4. The van der Waals surface area contributed by atoms with Crippen molar-refractivity contribution in [3.63, 3.8) is 0 Å². The zero-order valence-corrected chi connectivity index (χ0v) is 15.0. The summed E-state index contributed by atoms with van der Waals surface area (Å²) in [5.41, 5.74) is 0.624. The summed E-state index contributed by atoms with van der Waals surface area (Å²) in [6.07, 6.45) is 3.40. The number of piperidine rings is 1. The average molecular weight is 391 g/mol. The molecular formula is C18H19BrN2O3. The van der Waals surface area contributed by atoms with Crippen LogP contribution in [0, 0.1) is 0 Å². The Morgan fingerprint density at radius 2 is 2.04 bits per heavy atom. The number of benzene rings is 1. The predicted molar refractivity (Wildman–Crippen MR) is 94.5 cm³/mol. The Balaban J connectivity index is 1.61. The average Bonchev–Trinajstić information content (AvgIpc) is 2.63. The first-order valence-corrected chi connectivity index (χ1v) is 8.67. The topological polar surface area (TPSA) is 51.7 Å². The van der Waals surface area contributed by atoms with E-state index in [2.05, 4.69) is 20.9 Å². The van der Waals surface area contributed by atoms with Crippen LogP contribution in [0.5, 0.6) is 11.6 Å². The quantitative estimate of drug-likeness (QED) is 0.800. The van der Waals surface area contributed by atoms with E-state index in [1.165, 1.54) is 0 Å². The third-order valence-electron chi connectivity index (χ3n) is 4.06. The molecule has 5 nitrogen and oxygen atoms in total. The van der Waals surface area contributed by atoms with E-state index in [4.69, 9.17) is 9.47 Å². The Hall–Kier alpha value is -2.08. The molecule has 1 aromatic carbocycles. The van der Waals surface area contributed by atoms with Crippen LogP contribution in [0.15, 0.2) is 47.1 Å². The van der Waals surface area contributed by atoms with E-state index < -0.39 is 0 Å². The monoisotopic (exact) mass is 390 g/mol. The van der Waals surface area contributed by atoms with Crippen molar-refractivity contribution in [1.29, 1.82) is 0 Å². The Bertz CT molecular complexity index is 701. The largest absolute Gasteiger partial charge is 0.497 e. The number of ether oxygens (including phenoxy) is 2. The molecule has 24 heavy (non-hydrogen) atoms. The van der Waals surface area contributed by atoms with Crippen molar-refractivity contribution in [2.24, 2.45) is 0 Å². The highest BCUT2D eigenvalue weighted by Gasteiger charge is 2.26. The molecule has 0 saturated carbocycles. The lowest BCUT2D eigenvalue weighted by molar-refractivity contribution is 0.0587. The number of hydrogen-bond donors (Lipinski definition) is 0. The molecule has 2 aromatic rings. The normalized spacial score (nSPS) is 15.2. The second-order valence-corrected chi connectivity index (χ2v) is 6.48. The van der Waals surface area contributed by atoms with Crippen molar-refractivity contribution >= 4 is 21.8 Å².